The van der Waals surface area contributed by atoms with Crippen LogP contribution in [0.4, 0.5) is 0 Å². The molecular weight excluding hydrogens is 156 g/mol. The molecule has 0 amide bonds. The molecule has 0 heteroatoms. The molecular formula is C13H16. The number of allylic oxidation sites excluding steroid dienone is 8. The van der Waals surface area contributed by atoms with Crippen LogP contribution in [0.1, 0.15) is 32.1 Å². The summed E-state index contributed by atoms with van der Waals surface area (Å²) in [7, 11) is 0. The second-order valence-corrected chi connectivity index (χ2v) is 3.63. The molecule has 0 atom stereocenters. The lowest BCUT2D eigenvalue weighted by Crippen LogP contribution is -1.89. The summed E-state index contributed by atoms with van der Waals surface area (Å²) >= 11 is 0. The van der Waals surface area contributed by atoms with Gasteiger partial charge in [0.25, 0.3) is 0 Å². The lowest BCUT2D eigenvalue weighted by molar-refractivity contribution is 0.874. The summed E-state index contributed by atoms with van der Waals surface area (Å²) in [5, 5.41) is 0. The Labute approximate surface area is 80.3 Å². The van der Waals surface area contributed by atoms with Gasteiger partial charge in [0.1, 0.15) is 0 Å². The van der Waals surface area contributed by atoms with Gasteiger partial charge < -0.3 is 0 Å². The highest BCUT2D eigenvalue weighted by atomic mass is 14.1. The second kappa shape index (κ2) is 4.27. The van der Waals surface area contributed by atoms with Gasteiger partial charge in [0, 0.05) is 0 Å². The van der Waals surface area contributed by atoms with Crippen LogP contribution in [0.5, 0.6) is 0 Å². The number of hydrogen-bond donors (Lipinski definition) is 0. The van der Waals surface area contributed by atoms with Gasteiger partial charge in [-0.3, -0.25) is 0 Å². The van der Waals surface area contributed by atoms with Crippen LogP contribution < -0.4 is 0 Å². The predicted molar refractivity (Wildman–Crippen MR) is 57.5 cm³/mol. The Kier molecular flexibility index (Phi) is 2.81. The van der Waals surface area contributed by atoms with Crippen molar-refractivity contribution in [3.63, 3.8) is 0 Å². The molecule has 0 aromatic rings. The van der Waals surface area contributed by atoms with Gasteiger partial charge in [-0.2, -0.15) is 0 Å². The Morgan fingerprint density at radius 3 is 2.77 bits per heavy atom. The van der Waals surface area contributed by atoms with Gasteiger partial charge in [-0.25, -0.2) is 0 Å². The summed E-state index contributed by atoms with van der Waals surface area (Å²) in [4.78, 5) is 0. The van der Waals surface area contributed by atoms with Crippen LogP contribution in [0.3, 0.4) is 0 Å². The van der Waals surface area contributed by atoms with Gasteiger partial charge in [0.15, 0.2) is 0 Å². The van der Waals surface area contributed by atoms with Gasteiger partial charge in [0.2, 0.25) is 0 Å². The first kappa shape index (κ1) is 8.55. The Balaban J connectivity index is 2.13. The van der Waals surface area contributed by atoms with Crippen LogP contribution >= 0.6 is 0 Å². The first-order chi connectivity index (χ1) is 6.47. The largest absolute Gasteiger partial charge is 0.0844 e. The van der Waals surface area contributed by atoms with Crippen LogP contribution in [0, 0.1) is 0 Å². The molecule has 0 saturated carbocycles. The zero-order chi connectivity index (χ0) is 8.93. The quantitative estimate of drug-likeness (QED) is 0.526. The molecule has 0 aliphatic heterocycles. The highest BCUT2D eigenvalue weighted by molar-refractivity contribution is 5.42. The first-order valence-electron chi connectivity index (χ1n) is 5.18. The van der Waals surface area contributed by atoms with Crippen molar-refractivity contribution in [2.75, 3.05) is 0 Å². The molecule has 2 aliphatic carbocycles. The Morgan fingerprint density at radius 2 is 1.92 bits per heavy atom. The van der Waals surface area contributed by atoms with Crippen LogP contribution in [0.25, 0.3) is 0 Å². The molecule has 0 bridgehead atoms. The maximum Gasteiger partial charge on any atom is -0.00946 e. The minimum absolute atomic E-state index is 1.11. The zero-order valence-corrected chi connectivity index (χ0v) is 8.00. The van der Waals surface area contributed by atoms with Crippen LogP contribution in [0.15, 0.2) is 47.6 Å². The first-order valence-corrected chi connectivity index (χ1v) is 5.18. The highest BCUT2D eigenvalue weighted by Crippen LogP contribution is 2.23. The Morgan fingerprint density at radius 1 is 0.923 bits per heavy atom. The fourth-order valence-corrected chi connectivity index (χ4v) is 1.85. The van der Waals surface area contributed by atoms with Gasteiger partial charge >= 0.3 is 0 Å². The Hall–Kier alpha value is -1.04. The molecule has 0 aromatic heterocycles. The third-order valence-corrected chi connectivity index (χ3v) is 2.61. The second-order valence-electron chi connectivity index (χ2n) is 3.63. The summed E-state index contributed by atoms with van der Waals surface area (Å²) in [6.07, 6.45) is 19.9. The van der Waals surface area contributed by atoms with Gasteiger partial charge in [-0.05, 0) is 43.3 Å². The maximum absolute atomic E-state index is 2.38. The molecule has 0 saturated heterocycles. The van der Waals surface area contributed by atoms with E-state index in [1.807, 2.05) is 0 Å². The topological polar surface area (TPSA) is 0 Å². The molecule has 0 fully saturated rings. The standard InChI is InChI=1S/C13H16/c1-2-5-9-12(8-4-1)13-10-6-3-7-11-13/h3-4,6,8-9,11H,1-2,5,7,10H2. The molecule has 2 aliphatic rings. The smallest absolute Gasteiger partial charge is 0.00946 e. The fourth-order valence-electron chi connectivity index (χ4n) is 1.85. The van der Waals surface area contributed by atoms with E-state index in [4.69, 9.17) is 0 Å². The van der Waals surface area contributed by atoms with Gasteiger partial charge in [-0.1, -0.05) is 36.5 Å². The number of rotatable bonds is 1. The minimum atomic E-state index is 1.11. The molecule has 0 unspecified atom stereocenters. The third-order valence-electron chi connectivity index (χ3n) is 2.61. The number of hydrogen-bond acceptors (Lipinski definition) is 0. The molecule has 2 rings (SSSR count). The van der Waals surface area contributed by atoms with Crippen molar-refractivity contribution in [2.45, 2.75) is 32.1 Å². The SMILES string of the molecule is C1=CCC(C2=CCCCC=C2)=CC1. The average molecular weight is 172 g/mol. The van der Waals surface area contributed by atoms with E-state index in [9.17, 15) is 0 Å². The fraction of sp³-hybridized carbons (Fsp3) is 0.385. The molecule has 13 heavy (non-hydrogen) atoms. The molecule has 0 heterocycles. The van der Waals surface area contributed by atoms with Crippen molar-refractivity contribution in [3.8, 4) is 0 Å². The molecule has 68 valence electrons. The average Bonchev–Trinajstić information content (AvgIpc) is 2.47. The van der Waals surface area contributed by atoms with Crippen LogP contribution in [-0.4, -0.2) is 0 Å². The van der Waals surface area contributed by atoms with Crippen molar-refractivity contribution in [3.05, 3.63) is 47.6 Å². The van der Waals surface area contributed by atoms with E-state index in [-0.39, 0.29) is 0 Å². The summed E-state index contributed by atoms with van der Waals surface area (Å²) in [6.45, 7) is 0. The van der Waals surface area contributed by atoms with E-state index >= 15 is 0 Å². The summed E-state index contributed by atoms with van der Waals surface area (Å²) in [5.41, 5.74) is 2.97. The summed E-state index contributed by atoms with van der Waals surface area (Å²) in [6, 6.07) is 0. The summed E-state index contributed by atoms with van der Waals surface area (Å²) < 4.78 is 0. The lowest BCUT2D eigenvalue weighted by atomic mass is 9.97. The van der Waals surface area contributed by atoms with Crippen LogP contribution in [-0.2, 0) is 0 Å². The monoisotopic (exact) mass is 172 g/mol. The van der Waals surface area contributed by atoms with E-state index in [0.29, 0.717) is 0 Å². The van der Waals surface area contributed by atoms with Crippen molar-refractivity contribution < 1.29 is 0 Å². The molecule has 0 N–H and O–H groups in total. The van der Waals surface area contributed by atoms with Crippen molar-refractivity contribution in [1.82, 2.24) is 0 Å². The van der Waals surface area contributed by atoms with E-state index in [1.54, 1.807) is 0 Å². The normalized spacial score (nSPS) is 22.2. The van der Waals surface area contributed by atoms with Gasteiger partial charge in [-0.15, -0.1) is 0 Å². The van der Waals surface area contributed by atoms with E-state index < -0.39 is 0 Å². The van der Waals surface area contributed by atoms with Crippen molar-refractivity contribution in [1.29, 1.82) is 0 Å². The third kappa shape index (κ3) is 2.21. The predicted octanol–water partition coefficient (Wildman–Crippen LogP) is 3.93. The zero-order valence-electron chi connectivity index (χ0n) is 8.00. The van der Waals surface area contributed by atoms with E-state index in [0.717, 1.165) is 12.8 Å². The highest BCUT2D eigenvalue weighted by Gasteiger charge is 2.03. The van der Waals surface area contributed by atoms with E-state index in [1.165, 1.54) is 30.4 Å². The van der Waals surface area contributed by atoms with E-state index in [2.05, 4.69) is 36.5 Å². The van der Waals surface area contributed by atoms with Crippen molar-refractivity contribution in [2.24, 2.45) is 0 Å². The summed E-state index contributed by atoms with van der Waals surface area (Å²) in [5.74, 6) is 0. The van der Waals surface area contributed by atoms with Crippen LogP contribution in [0.2, 0.25) is 0 Å². The molecule has 0 aromatic carbocycles. The van der Waals surface area contributed by atoms with Gasteiger partial charge in [0.05, 0.1) is 0 Å². The minimum Gasteiger partial charge on any atom is -0.0844 e. The Bertz CT molecular complexity index is 287. The molecule has 0 spiro atoms. The molecule has 0 radical (unpaired) electrons. The molecule has 0 nitrogen and oxygen atoms in total. The van der Waals surface area contributed by atoms with Crippen molar-refractivity contribution >= 4 is 0 Å². The maximum atomic E-state index is 2.38. The lowest BCUT2D eigenvalue weighted by Gasteiger charge is -2.08.